The van der Waals surface area contributed by atoms with Gasteiger partial charge in [0.2, 0.25) is 0 Å². The summed E-state index contributed by atoms with van der Waals surface area (Å²) in [5.74, 6) is -0.569. The van der Waals surface area contributed by atoms with Crippen LogP contribution in [0.1, 0.15) is 35.7 Å². The highest BCUT2D eigenvalue weighted by molar-refractivity contribution is 14.1. The van der Waals surface area contributed by atoms with E-state index in [1.165, 1.54) is 12.1 Å². The number of benzene rings is 3. The highest BCUT2D eigenvalue weighted by Gasteiger charge is 2.32. The summed E-state index contributed by atoms with van der Waals surface area (Å²) in [4.78, 5) is 13.5. The molecule has 6 heteroatoms. The minimum absolute atomic E-state index is 0.0781. The fourth-order valence-corrected chi connectivity index (χ4v) is 5.03. The van der Waals surface area contributed by atoms with Crippen LogP contribution in [0.25, 0.3) is 0 Å². The maximum Gasteiger partial charge on any atom is 0.273 e. The van der Waals surface area contributed by atoms with Crippen molar-refractivity contribution in [3.05, 3.63) is 93.6 Å². The SMILES string of the molecule is CCCCc1ccc(N(C(=O)c2ccccc2I)S(=O)(=O)c2ccccc2)cc1. The second-order valence-electron chi connectivity index (χ2n) is 6.64. The number of sulfonamides is 1. The van der Waals surface area contributed by atoms with Gasteiger partial charge in [0.25, 0.3) is 15.9 Å². The van der Waals surface area contributed by atoms with E-state index < -0.39 is 15.9 Å². The van der Waals surface area contributed by atoms with Crippen molar-refractivity contribution >= 4 is 44.2 Å². The van der Waals surface area contributed by atoms with Crippen molar-refractivity contribution in [3.63, 3.8) is 0 Å². The molecule has 0 aliphatic carbocycles. The minimum Gasteiger partial charge on any atom is -0.268 e. The highest BCUT2D eigenvalue weighted by Crippen LogP contribution is 2.28. The summed E-state index contributed by atoms with van der Waals surface area (Å²) in [6.45, 7) is 2.13. The number of amides is 1. The second-order valence-corrected chi connectivity index (χ2v) is 9.59. The van der Waals surface area contributed by atoms with E-state index in [2.05, 4.69) is 6.92 Å². The predicted molar refractivity (Wildman–Crippen MR) is 125 cm³/mol. The van der Waals surface area contributed by atoms with E-state index in [-0.39, 0.29) is 4.90 Å². The number of rotatable bonds is 7. The molecule has 0 fully saturated rings. The number of aryl methyl sites for hydroxylation is 1. The predicted octanol–water partition coefficient (Wildman–Crippen LogP) is 5.67. The zero-order valence-corrected chi connectivity index (χ0v) is 19.1. The van der Waals surface area contributed by atoms with Crippen molar-refractivity contribution in [2.45, 2.75) is 31.1 Å². The first kappa shape index (κ1) is 21.5. The summed E-state index contributed by atoms with van der Waals surface area (Å²) in [6.07, 6.45) is 3.07. The molecular weight excluding hydrogens is 497 g/mol. The topological polar surface area (TPSA) is 54.5 Å². The molecule has 0 bridgehead atoms. The Kier molecular flexibility index (Phi) is 7.08. The van der Waals surface area contributed by atoms with Crippen LogP contribution in [-0.4, -0.2) is 14.3 Å². The van der Waals surface area contributed by atoms with Crippen LogP contribution >= 0.6 is 22.6 Å². The van der Waals surface area contributed by atoms with Gasteiger partial charge in [-0.2, -0.15) is 4.31 Å². The monoisotopic (exact) mass is 519 g/mol. The van der Waals surface area contributed by atoms with Crippen LogP contribution in [0.3, 0.4) is 0 Å². The van der Waals surface area contributed by atoms with Gasteiger partial charge in [0.15, 0.2) is 0 Å². The van der Waals surface area contributed by atoms with Gasteiger partial charge >= 0.3 is 0 Å². The van der Waals surface area contributed by atoms with Gasteiger partial charge in [-0.05, 0) is 77.4 Å². The molecule has 150 valence electrons. The molecule has 0 aromatic heterocycles. The summed E-state index contributed by atoms with van der Waals surface area (Å²) >= 11 is 2.05. The number of carbonyl (C=O) groups excluding carboxylic acids is 1. The first-order chi connectivity index (χ1) is 13.9. The molecule has 0 spiro atoms. The molecular formula is C23H22INO3S. The Hall–Kier alpha value is -2.19. The molecule has 29 heavy (non-hydrogen) atoms. The van der Waals surface area contributed by atoms with Crippen molar-refractivity contribution in [1.29, 1.82) is 0 Å². The van der Waals surface area contributed by atoms with Crippen LogP contribution in [0, 0.1) is 3.57 Å². The molecule has 0 N–H and O–H groups in total. The lowest BCUT2D eigenvalue weighted by molar-refractivity contribution is 0.100. The van der Waals surface area contributed by atoms with E-state index >= 15 is 0 Å². The number of hydrogen-bond acceptors (Lipinski definition) is 3. The van der Waals surface area contributed by atoms with Gasteiger partial charge in [0.1, 0.15) is 0 Å². The third kappa shape index (κ3) is 4.87. The molecule has 0 saturated carbocycles. The number of anilines is 1. The number of halogens is 1. The smallest absolute Gasteiger partial charge is 0.268 e. The molecule has 0 atom stereocenters. The van der Waals surface area contributed by atoms with Crippen LogP contribution in [0.4, 0.5) is 5.69 Å². The first-order valence-corrected chi connectivity index (χ1v) is 11.9. The molecule has 0 radical (unpaired) electrons. The normalized spacial score (nSPS) is 11.2. The Labute approximate surface area is 185 Å². The van der Waals surface area contributed by atoms with Gasteiger partial charge in [0, 0.05) is 3.57 Å². The molecule has 0 heterocycles. The molecule has 0 aliphatic heterocycles. The lowest BCUT2D eigenvalue weighted by Gasteiger charge is -2.23. The maximum absolute atomic E-state index is 13.4. The summed E-state index contributed by atoms with van der Waals surface area (Å²) in [5, 5.41) is 0. The standard InChI is InChI=1S/C23H22INO3S/c1-2-3-9-18-14-16-19(17-15-18)25(23(26)21-12-7-8-13-22(21)24)29(27,28)20-10-5-4-6-11-20/h4-8,10-17H,2-3,9H2,1H3. The number of hydrogen-bond donors (Lipinski definition) is 0. The number of nitrogens with zero attached hydrogens (tertiary/aromatic N) is 1. The largest absolute Gasteiger partial charge is 0.273 e. The van der Waals surface area contributed by atoms with E-state index in [1.54, 1.807) is 48.5 Å². The Balaban J connectivity index is 2.09. The van der Waals surface area contributed by atoms with Crippen LogP contribution < -0.4 is 4.31 Å². The average molecular weight is 519 g/mol. The molecule has 0 saturated heterocycles. The summed E-state index contributed by atoms with van der Waals surface area (Å²) in [5.41, 5.74) is 1.80. The van der Waals surface area contributed by atoms with Crippen molar-refractivity contribution in [1.82, 2.24) is 0 Å². The lowest BCUT2D eigenvalue weighted by atomic mass is 10.1. The maximum atomic E-state index is 13.4. The molecule has 3 rings (SSSR count). The van der Waals surface area contributed by atoms with Gasteiger partial charge < -0.3 is 0 Å². The van der Waals surface area contributed by atoms with Gasteiger partial charge in [-0.3, -0.25) is 4.79 Å². The van der Waals surface area contributed by atoms with E-state index in [9.17, 15) is 13.2 Å². The van der Waals surface area contributed by atoms with Crippen molar-refractivity contribution in [2.75, 3.05) is 4.31 Å². The summed E-state index contributed by atoms with van der Waals surface area (Å²) in [7, 11) is -4.07. The van der Waals surface area contributed by atoms with Crippen molar-refractivity contribution in [3.8, 4) is 0 Å². The van der Waals surface area contributed by atoms with Crippen molar-refractivity contribution < 1.29 is 13.2 Å². The molecule has 0 unspecified atom stereocenters. The Bertz CT molecular complexity index is 1080. The minimum atomic E-state index is -4.07. The van der Waals surface area contributed by atoms with Crippen LogP contribution in [-0.2, 0) is 16.4 Å². The average Bonchev–Trinajstić information content (AvgIpc) is 2.74. The number of carbonyl (C=O) groups is 1. The van der Waals surface area contributed by atoms with Crippen LogP contribution in [0.2, 0.25) is 0 Å². The van der Waals surface area contributed by atoms with Gasteiger partial charge in [-0.15, -0.1) is 0 Å². The van der Waals surface area contributed by atoms with Gasteiger partial charge in [-0.25, -0.2) is 8.42 Å². The molecule has 3 aromatic carbocycles. The van der Waals surface area contributed by atoms with E-state index in [4.69, 9.17) is 0 Å². The fraction of sp³-hybridized carbons (Fsp3) is 0.174. The Morgan fingerprint density at radius 1 is 0.897 bits per heavy atom. The summed E-state index contributed by atoms with van der Waals surface area (Å²) in [6, 6.07) is 22.2. The Morgan fingerprint density at radius 2 is 1.52 bits per heavy atom. The zero-order chi connectivity index (χ0) is 20.9. The quantitative estimate of drug-likeness (QED) is 0.378. The van der Waals surface area contributed by atoms with Crippen LogP contribution in [0.5, 0.6) is 0 Å². The molecule has 0 aliphatic rings. The zero-order valence-electron chi connectivity index (χ0n) is 16.1. The van der Waals surface area contributed by atoms with Crippen molar-refractivity contribution in [2.24, 2.45) is 0 Å². The van der Waals surface area contributed by atoms with Gasteiger partial charge in [-0.1, -0.05) is 55.8 Å². The summed E-state index contributed by atoms with van der Waals surface area (Å²) < 4.78 is 28.4. The molecule has 4 nitrogen and oxygen atoms in total. The second kappa shape index (κ2) is 9.54. The number of unbranched alkanes of at least 4 members (excludes halogenated alkanes) is 1. The van der Waals surface area contributed by atoms with E-state index in [0.717, 1.165) is 29.1 Å². The third-order valence-corrected chi connectivity index (χ3v) is 7.23. The molecule has 1 amide bonds. The van der Waals surface area contributed by atoms with Crippen LogP contribution in [0.15, 0.2) is 83.8 Å². The Morgan fingerprint density at radius 3 is 2.14 bits per heavy atom. The lowest BCUT2D eigenvalue weighted by Crippen LogP contribution is -2.37. The van der Waals surface area contributed by atoms with E-state index in [0.29, 0.717) is 14.8 Å². The first-order valence-electron chi connectivity index (χ1n) is 9.43. The van der Waals surface area contributed by atoms with E-state index in [1.807, 2.05) is 40.8 Å². The third-order valence-electron chi connectivity index (χ3n) is 4.56. The molecule has 3 aromatic rings. The van der Waals surface area contributed by atoms with Gasteiger partial charge in [0.05, 0.1) is 16.1 Å². The highest BCUT2D eigenvalue weighted by atomic mass is 127. The fourth-order valence-electron chi connectivity index (χ4n) is 2.99.